The molecule has 0 aliphatic carbocycles. The van der Waals surface area contributed by atoms with Gasteiger partial charge in [0, 0.05) is 11.3 Å². The zero-order chi connectivity index (χ0) is 8.97. The van der Waals surface area contributed by atoms with Gasteiger partial charge in [0.1, 0.15) is 0 Å². The smallest absolute Gasteiger partial charge is 0.259 e. The van der Waals surface area contributed by atoms with Gasteiger partial charge in [0.05, 0.1) is 0 Å². The number of hydrogen-bond donors (Lipinski definition) is 2. The highest BCUT2D eigenvalue weighted by Crippen LogP contribution is 2.08. The molecule has 0 aliphatic rings. The number of anilines is 1. The van der Waals surface area contributed by atoms with E-state index in [0.717, 1.165) is 5.56 Å². The summed E-state index contributed by atoms with van der Waals surface area (Å²) in [6, 6.07) is 6.66. The number of hydrogen-bond acceptors (Lipinski definition) is 1. The summed E-state index contributed by atoms with van der Waals surface area (Å²) in [5.41, 5.74) is 1.30. The van der Waals surface area contributed by atoms with Crippen molar-refractivity contribution < 1.29 is 8.76 Å². The van der Waals surface area contributed by atoms with E-state index in [4.69, 9.17) is 11.0 Å². The highest BCUT2D eigenvalue weighted by molar-refractivity contribution is 7.80. The topological polar surface area (TPSA) is 49.3 Å². The largest absolute Gasteiger partial charge is 0.289 e. The van der Waals surface area contributed by atoms with Crippen LogP contribution in [0.1, 0.15) is 5.56 Å². The normalized spacial score (nSPS) is 11.7. The Hall–Kier alpha value is -1.31. The van der Waals surface area contributed by atoms with Gasteiger partial charge in [-0.1, -0.05) is 5.92 Å². The maximum atomic E-state index is 10.3. The second-order valence-electron chi connectivity index (χ2n) is 2.07. The minimum atomic E-state index is -2.03. The van der Waals surface area contributed by atoms with Gasteiger partial charge >= 0.3 is 0 Å². The van der Waals surface area contributed by atoms with Crippen LogP contribution in [0, 0.1) is 12.3 Å². The van der Waals surface area contributed by atoms with Crippen molar-refractivity contribution in [3.8, 4) is 12.3 Å². The summed E-state index contributed by atoms with van der Waals surface area (Å²) in [4.78, 5) is 0. The second-order valence-corrected chi connectivity index (χ2v) is 2.78. The molecule has 0 aromatic heterocycles. The van der Waals surface area contributed by atoms with Crippen LogP contribution in [0.4, 0.5) is 5.69 Å². The second kappa shape index (κ2) is 3.90. The van der Waals surface area contributed by atoms with E-state index in [0.29, 0.717) is 5.69 Å². The first-order valence-corrected chi connectivity index (χ1v) is 4.27. The van der Waals surface area contributed by atoms with E-state index in [1.54, 1.807) is 24.3 Å². The van der Waals surface area contributed by atoms with Crippen molar-refractivity contribution in [1.82, 2.24) is 0 Å². The Kier molecular flexibility index (Phi) is 2.86. The van der Waals surface area contributed by atoms with Crippen LogP contribution in [-0.4, -0.2) is 8.76 Å². The molecule has 0 spiro atoms. The van der Waals surface area contributed by atoms with Crippen molar-refractivity contribution in [3.63, 3.8) is 0 Å². The van der Waals surface area contributed by atoms with Gasteiger partial charge < -0.3 is 0 Å². The SMILES string of the molecule is C#Cc1ccc(NS(=O)O)cc1. The minimum absolute atomic E-state index is 0.565. The molecular formula is C8H7NO2S. The van der Waals surface area contributed by atoms with Crippen LogP contribution >= 0.6 is 0 Å². The number of benzene rings is 1. The molecule has 0 heterocycles. The monoisotopic (exact) mass is 181 g/mol. The van der Waals surface area contributed by atoms with Crippen molar-refractivity contribution in [2.24, 2.45) is 0 Å². The fraction of sp³-hybridized carbons (Fsp3) is 0. The fourth-order valence-electron chi connectivity index (χ4n) is 0.735. The summed E-state index contributed by atoms with van der Waals surface area (Å²) >= 11 is -2.03. The third kappa shape index (κ3) is 2.38. The highest BCUT2D eigenvalue weighted by atomic mass is 32.2. The third-order valence-corrected chi connectivity index (χ3v) is 1.67. The maximum Gasteiger partial charge on any atom is 0.259 e. The van der Waals surface area contributed by atoms with Gasteiger partial charge in [-0.2, -0.15) is 0 Å². The highest BCUT2D eigenvalue weighted by Gasteiger charge is 1.93. The summed E-state index contributed by atoms with van der Waals surface area (Å²) in [6.07, 6.45) is 5.12. The Balaban J connectivity index is 2.80. The van der Waals surface area contributed by atoms with Crippen molar-refractivity contribution in [3.05, 3.63) is 29.8 Å². The molecule has 0 bridgehead atoms. The summed E-state index contributed by atoms with van der Waals surface area (Å²) < 4.78 is 21.1. The first-order valence-electron chi connectivity index (χ1n) is 3.16. The Bertz CT molecular complexity index is 326. The molecule has 0 radical (unpaired) electrons. The van der Waals surface area contributed by atoms with Crippen LogP contribution in [0.3, 0.4) is 0 Å². The Morgan fingerprint density at radius 2 is 2.00 bits per heavy atom. The van der Waals surface area contributed by atoms with Crippen molar-refractivity contribution >= 4 is 17.0 Å². The van der Waals surface area contributed by atoms with Crippen LogP contribution < -0.4 is 4.72 Å². The standard InChI is InChI=1S/C8H7NO2S/c1-2-7-3-5-8(6-4-7)9-12(10)11/h1,3-6,9H,(H,10,11). The number of nitrogens with one attached hydrogen (secondary N) is 1. The minimum Gasteiger partial charge on any atom is -0.289 e. The van der Waals surface area contributed by atoms with Gasteiger partial charge in [-0.05, 0) is 24.3 Å². The predicted octanol–water partition coefficient (Wildman–Crippen LogP) is 1.22. The molecule has 1 rings (SSSR count). The molecule has 4 heteroatoms. The Morgan fingerprint density at radius 3 is 2.42 bits per heavy atom. The van der Waals surface area contributed by atoms with Gasteiger partial charge in [-0.25, -0.2) is 4.21 Å². The molecule has 0 fully saturated rings. The quantitative estimate of drug-likeness (QED) is 0.532. The Morgan fingerprint density at radius 1 is 1.42 bits per heavy atom. The molecule has 1 atom stereocenters. The maximum absolute atomic E-state index is 10.3. The molecule has 3 nitrogen and oxygen atoms in total. The van der Waals surface area contributed by atoms with E-state index in [1.807, 2.05) is 0 Å². The molecule has 1 aromatic rings. The molecule has 12 heavy (non-hydrogen) atoms. The van der Waals surface area contributed by atoms with Crippen LogP contribution in [0.25, 0.3) is 0 Å². The molecule has 0 aliphatic heterocycles. The van der Waals surface area contributed by atoms with Gasteiger partial charge in [-0.15, -0.1) is 6.42 Å². The van der Waals surface area contributed by atoms with E-state index < -0.39 is 11.3 Å². The van der Waals surface area contributed by atoms with Gasteiger partial charge in [0.25, 0.3) is 11.3 Å². The number of rotatable bonds is 2. The zero-order valence-corrected chi connectivity index (χ0v) is 6.97. The zero-order valence-electron chi connectivity index (χ0n) is 6.15. The first kappa shape index (κ1) is 8.78. The van der Waals surface area contributed by atoms with Gasteiger partial charge in [0.15, 0.2) is 0 Å². The third-order valence-electron chi connectivity index (χ3n) is 1.26. The number of terminal acetylenes is 1. The lowest BCUT2D eigenvalue weighted by molar-refractivity contribution is 0.570. The van der Waals surface area contributed by atoms with Gasteiger partial charge in [-0.3, -0.25) is 9.27 Å². The van der Waals surface area contributed by atoms with Crippen molar-refractivity contribution in [2.45, 2.75) is 0 Å². The Labute approximate surface area is 73.2 Å². The van der Waals surface area contributed by atoms with E-state index >= 15 is 0 Å². The molecule has 1 unspecified atom stereocenters. The van der Waals surface area contributed by atoms with E-state index in [2.05, 4.69) is 10.6 Å². The van der Waals surface area contributed by atoms with Gasteiger partial charge in [0.2, 0.25) is 0 Å². The predicted molar refractivity (Wildman–Crippen MR) is 48.8 cm³/mol. The molecule has 62 valence electrons. The summed E-state index contributed by atoms with van der Waals surface area (Å²) in [5.74, 6) is 2.44. The molecule has 0 saturated carbocycles. The summed E-state index contributed by atoms with van der Waals surface area (Å²) in [6.45, 7) is 0. The van der Waals surface area contributed by atoms with Crippen molar-refractivity contribution in [2.75, 3.05) is 4.72 Å². The van der Waals surface area contributed by atoms with E-state index in [-0.39, 0.29) is 0 Å². The molecular weight excluding hydrogens is 174 g/mol. The average molecular weight is 181 g/mol. The summed E-state index contributed by atoms with van der Waals surface area (Å²) in [5, 5.41) is 0. The van der Waals surface area contributed by atoms with Crippen LogP contribution in [0.2, 0.25) is 0 Å². The molecule has 0 saturated heterocycles. The van der Waals surface area contributed by atoms with Crippen LogP contribution in [-0.2, 0) is 11.3 Å². The lowest BCUT2D eigenvalue weighted by Gasteiger charge is -1.99. The molecule has 0 amide bonds. The van der Waals surface area contributed by atoms with Crippen molar-refractivity contribution in [1.29, 1.82) is 0 Å². The van der Waals surface area contributed by atoms with Crippen LogP contribution in [0.5, 0.6) is 0 Å². The average Bonchev–Trinajstić information content (AvgIpc) is 2.05. The first-order chi connectivity index (χ1) is 5.72. The van der Waals surface area contributed by atoms with E-state index in [1.165, 1.54) is 0 Å². The summed E-state index contributed by atoms with van der Waals surface area (Å²) in [7, 11) is 0. The van der Waals surface area contributed by atoms with Crippen LogP contribution in [0.15, 0.2) is 24.3 Å². The molecule has 2 N–H and O–H groups in total. The lowest BCUT2D eigenvalue weighted by Crippen LogP contribution is -2.01. The lowest BCUT2D eigenvalue weighted by atomic mass is 10.2. The van der Waals surface area contributed by atoms with E-state index in [9.17, 15) is 4.21 Å². The molecule has 1 aromatic carbocycles. The fourth-order valence-corrected chi connectivity index (χ4v) is 1.07.